The van der Waals surface area contributed by atoms with Crippen LogP contribution in [0.15, 0.2) is 97.3 Å². The molecule has 1 fully saturated rings. The second kappa shape index (κ2) is 17.7. The minimum absolute atomic E-state index is 0.0727. The van der Waals surface area contributed by atoms with Gasteiger partial charge < -0.3 is 24.5 Å². The molecule has 1 aliphatic rings. The average Bonchev–Trinajstić information content (AvgIpc) is 3.87. The molecular formula is C45H52N8O5. The van der Waals surface area contributed by atoms with Crippen molar-refractivity contribution in [1.82, 2.24) is 40.7 Å². The number of carboxylic acids is 1. The molecule has 3 aromatic carbocycles. The molecule has 1 saturated heterocycles. The number of benzene rings is 3. The fourth-order valence-corrected chi connectivity index (χ4v) is 7.87. The maximum absolute atomic E-state index is 12.9. The highest BCUT2D eigenvalue weighted by molar-refractivity contribution is 5.95. The summed E-state index contributed by atoms with van der Waals surface area (Å²) in [6, 6.07) is 26.8. The van der Waals surface area contributed by atoms with Crippen LogP contribution in [0.4, 0.5) is 4.79 Å². The number of ether oxygens (including phenoxy) is 2. The monoisotopic (exact) mass is 784 g/mol. The van der Waals surface area contributed by atoms with Gasteiger partial charge in [0.25, 0.3) is 0 Å². The maximum Gasteiger partial charge on any atom is 0.407 e. The molecule has 0 radical (unpaired) electrons. The van der Waals surface area contributed by atoms with E-state index in [4.69, 9.17) is 14.5 Å². The van der Waals surface area contributed by atoms with Crippen LogP contribution in [0.2, 0.25) is 0 Å². The van der Waals surface area contributed by atoms with E-state index in [1.54, 1.807) is 7.11 Å². The quantitative estimate of drug-likeness (QED) is 0.0804. The Kier molecular flexibility index (Phi) is 12.3. The number of carbonyl (C=O) groups excluding carboxylic acids is 1. The van der Waals surface area contributed by atoms with Crippen molar-refractivity contribution in [3.63, 3.8) is 0 Å². The summed E-state index contributed by atoms with van der Waals surface area (Å²) < 4.78 is 15.6. The SMILES string of the molecule is CCn1c(-c2cccnc2[C@H](C)OC)c(CC(C)(C)n2cc([C@@H]3CCCNN3)nn2)c2cc(-c3cccc(C(CC(=O)O)NC(=O)OCc4ccccc4)c3)ccc21. The minimum atomic E-state index is -1.04. The number of alkyl carbamates (subject to hydrolysis) is 1. The largest absolute Gasteiger partial charge is 0.481 e. The molecule has 4 N–H and O–H groups in total. The number of hydrazine groups is 1. The van der Waals surface area contributed by atoms with Crippen LogP contribution in [-0.4, -0.2) is 55.4 Å². The number of nitrogens with one attached hydrogen (secondary N) is 3. The highest BCUT2D eigenvalue weighted by Gasteiger charge is 2.31. The van der Waals surface area contributed by atoms with Crippen molar-refractivity contribution in [2.75, 3.05) is 13.7 Å². The lowest BCUT2D eigenvalue weighted by Gasteiger charge is -2.26. The summed E-state index contributed by atoms with van der Waals surface area (Å²) in [5, 5.41) is 23.0. The van der Waals surface area contributed by atoms with Gasteiger partial charge in [-0.25, -0.2) is 14.9 Å². The van der Waals surface area contributed by atoms with E-state index < -0.39 is 23.6 Å². The summed E-state index contributed by atoms with van der Waals surface area (Å²) in [5.41, 5.74) is 15.5. The number of carboxylic acid groups (broad SMARTS) is 1. The lowest BCUT2D eigenvalue weighted by Crippen LogP contribution is -2.40. The topological polar surface area (TPSA) is 157 Å². The highest BCUT2D eigenvalue weighted by atomic mass is 16.5. The zero-order valence-electron chi connectivity index (χ0n) is 33.7. The smallest absolute Gasteiger partial charge is 0.407 e. The first kappa shape index (κ1) is 40.3. The van der Waals surface area contributed by atoms with E-state index in [0.29, 0.717) is 18.5 Å². The second-order valence-electron chi connectivity index (χ2n) is 15.4. The Labute approximate surface area is 338 Å². The van der Waals surface area contributed by atoms with E-state index in [-0.39, 0.29) is 25.2 Å². The summed E-state index contributed by atoms with van der Waals surface area (Å²) in [4.78, 5) is 29.8. The molecule has 1 aliphatic heterocycles. The van der Waals surface area contributed by atoms with Gasteiger partial charge in [-0.15, -0.1) is 5.10 Å². The van der Waals surface area contributed by atoms with E-state index in [1.807, 2.05) is 78.5 Å². The molecule has 7 rings (SSSR count). The third-order valence-corrected chi connectivity index (χ3v) is 11.0. The van der Waals surface area contributed by atoms with Crippen LogP contribution in [0.5, 0.6) is 0 Å². The van der Waals surface area contributed by atoms with E-state index in [1.165, 1.54) is 0 Å². The van der Waals surface area contributed by atoms with Gasteiger partial charge in [0.1, 0.15) is 12.3 Å². The molecule has 0 aliphatic carbocycles. The third kappa shape index (κ3) is 8.81. The Hall–Kier alpha value is -5.89. The Balaban J connectivity index is 1.29. The Bertz CT molecular complexity index is 2370. The van der Waals surface area contributed by atoms with Gasteiger partial charge in [-0.2, -0.15) is 0 Å². The fraction of sp³-hybridized carbons (Fsp3) is 0.356. The summed E-state index contributed by atoms with van der Waals surface area (Å²) in [7, 11) is 1.70. The number of nitrogens with zero attached hydrogens (tertiary/aromatic N) is 5. The van der Waals surface area contributed by atoms with Crippen molar-refractivity contribution in [2.24, 2.45) is 0 Å². The number of fused-ring (bicyclic) bond motifs is 1. The zero-order chi connectivity index (χ0) is 40.8. The molecule has 4 heterocycles. The Morgan fingerprint density at radius 1 is 1.03 bits per heavy atom. The molecular weight excluding hydrogens is 733 g/mol. The summed E-state index contributed by atoms with van der Waals surface area (Å²) in [5.74, 6) is -1.04. The molecule has 0 bridgehead atoms. The minimum Gasteiger partial charge on any atom is -0.481 e. The first-order valence-corrected chi connectivity index (χ1v) is 19.9. The van der Waals surface area contributed by atoms with Crippen molar-refractivity contribution >= 4 is 23.0 Å². The number of methoxy groups -OCH3 is 1. The molecule has 58 heavy (non-hydrogen) atoms. The third-order valence-electron chi connectivity index (χ3n) is 11.0. The van der Waals surface area contributed by atoms with Crippen LogP contribution in [0.3, 0.4) is 0 Å². The van der Waals surface area contributed by atoms with Crippen molar-refractivity contribution in [3.05, 3.63) is 125 Å². The van der Waals surface area contributed by atoms with Gasteiger partial charge in [-0.05, 0) is 105 Å². The molecule has 0 spiro atoms. The molecule has 302 valence electrons. The van der Waals surface area contributed by atoms with E-state index in [9.17, 15) is 14.7 Å². The summed E-state index contributed by atoms with van der Waals surface area (Å²) >= 11 is 0. The van der Waals surface area contributed by atoms with Crippen molar-refractivity contribution < 1.29 is 24.2 Å². The average molecular weight is 785 g/mol. The van der Waals surface area contributed by atoms with Gasteiger partial charge in [0.15, 0.2) is 0 Å². The van der Waals surface area contributed by atoms with Gasteiger partial charge in [-0.1, -0.05) is 59.8 Å². The molecule has 1 unspecified atom stereocenters. The maximum atomic E-state index is 12.9. The molecule has 3 atom stereocenters. The van der Waals surface area contributed by atoms with Crippen molar-refractivity contribution in [2.45, 2.75) is 90.3 Å². The van der Waals surface area contributed by atoms with Crippen LogP contribution in [-0.2, 0) is 39.4 Å². The number of pyridine rings is 1. The zero-order valence-corrected chi connectivity index (χ0v) is 33.7. The summed E-state index contributed by atoms with van der Waals surface area (Å²) in [6.45, 7) is 10.3. The lowest BCUT2D eigenvalue weighted by atomic mass is 9.89. The number of rotatable bonds is 15. The number of aromatic nitrogens is 5. The second-order valence-corrected chi connectivity index (χ2v) is 15.4. The van der Waals surface area contributed by atoms with Gasteiger partial charge in [-0.3, -0.25) is 15.2 Å². The highest BCUT2D eigenvalue weighted by Crippen LogP contribution is 2.41. The fourth-order valence-electron chi connectivity index (χ4n) is 7.87. The van der Waals surface area contributed by atoms with E-state index >= 15 is 0 Å². The number of hydrogen-bond donors (Lipinski definition) is 4. The van der Waals surface area contributed by atoms with Gasteiger partial charge >= 0.3 is 12.1 Å². The Morgan fingerprint density at radius 2 is 1.84 bits per heavy atom. The predicted octanol–water partition coefficient (Wildman–Crippen LogP) is 8.04. The molecule has 6 aromatic rings. The number of aryl methyl sites for hydroxylation is 1. The van der Waals surface area contributed by atoms with Crippen LogP contribution < -0.4 is 16.2 Å². The summed E-state index contributed by atoms with van der Waals surface area (Å²) in [6.07, 6.45) is 5.30. The van der Waals surface area contributed by atoms with Crippen LogP contribution in [0.25, 0.3) is 33.3 Å². The number of hydrogen-bond acceptors (Lipinski definition) is 9. The van der Waals surface area contributed by atoms with Crippen LogP contribution >= 0.6 is 0 Å². The molecule has 13 heteroatoms. The molecule has 3 aromatic heterocycles. The molecule has 0 saturated carbocycles. The first-order valence-electron chi connectivity index (χ1n) is 19.9. The Morgan fingerprint density at radius 3 is 2.59 bits per heavy atom. The number of amides is 1. The number of aliphatic carboxylic acids is 1. The normalized spacial score (nSPS) is 15.6. The van der Waals surface area contributed by atoms with Crippen LogP contribution in [0, 0.1) is 0 Å². The number of carbonyl (C=O) groups is 2. The van der Waals surface area contributed by atoms with Gasteiger partial charge in [0, 0.05) is 42.9 Å². The van der Waals surface area contributed by atoms with Gasteiger partial charge in [0.2, 0.25) is 0 Å². The van der Waals surface area contributed by atoms with Gasteiger partial charge in [0.05, 0.1) is 47.7 Å². The van der Waals surface area contributed by atoms with Crippen molar-refractivity contribution in [1.29, 1.82) is 0 Å². The van der Waals surface area contributed by atoms with E-state index in [2.05, 4.69) is 82.3 Å². The predicted molar refractivity (Wildman–Crippen MR) is 223 cm³/mol. The molecule has 13 nitrogen and oxygen atoms in total. The van der Waals surface area contributed by atoms with Crippen LogP contribution in [0.1, 0.15) is 93.2 Å². The molecule has 1 amide bonds. The first-order chi connectivity index (χ1) is 28.1. The van der Waals surface area contributed by atoms with E-state index in [0.717, 1.165) is 75.2 Å². The van der Waals surface area contributed by atoms with Crippen molar-refractivity contribution in [3.8, 4) is 22.4 Å². The standard InChI is InChI=1S/C45H52N8O5/c1-6-52-40-20-19-32(31-15-10-16-33(23-31)38(25-41(54)55)48-44(56)58-28-30-13-8-7-9-14-30)24-35(40)36(43(52)34-17-11-21-46-42(34)29(2)57-5)26-45(3,4)53-27-39(50-51-53)37-18-12-22-47-49-37/h7-11,13-17,19-21,23-24,27,29,37-38,47,49H,6,12,18,22,25-26,28H2,1-5H3,(H,48,56)(H,54,55)/t29-,37-,38?/m0/s1. The lowest BCUT2D eigenvalue weighted by molar-refractivity contribution is -0.137.